The van der Waals surface area contributed by atoms with Gasteiger partial charge in [-0.1, -0.05) is 0 Å². The van der Waals surface area contributed by atoms with E-state index < -0.39 is 0 Å². The molecule has 5 nitrogen and oxygen atoms in total. The lowest BCUT2D eigenvalue weighted by Crippen LogP contribution is -2.14. The Kier molecular flexibility index (Phi) is 3.56. The van der Waals surface area contributed by atoms with Crippen LogP contribution in [0.1, 0.15) is 34.7 Å². The summed E-state index contributed by atoms with van der Waals surface area (Å²) in [5.41, 5.74) is 1.49. The molecule has 20 heavy (non-hydrogen) atoms. The van der Waals surface area contributed by atoms with E-state index in [1.165, 1.54) is 0 Å². The zero-order chi connectivity index (χ0) is 14.1. The first-order valence-corrected chi connectivity index (χ1v) is 7.42. The Morgan fingerprint density at radius 3 is 3.05 bits per heavy atom. The van der Waals surface area contributed by atoms with Crippen molar-refractivity contribution < 1.29 is 4.79 Å². The number of carbonyl (C=O) groups excluding carboxylic acids is 1. The van der Waals surface area contributed by atoms with Crippen molar-refractivity contribution >= 4 is 27.7 Å². The normalized spacial score (nSPS) is 13.9. The first kappa shape index (κ1) is 13.3. The van der Waals surface area contributed by atoms with Crippen LogP contribution in [0.4, 0.5) is 5.82 Å². The van der Waals surface area contributed by atoms with Crippen LogP contribution in [0.25, 0.3) is 0 Å². The van der Waals surface area contributed by atoms with Crippen LogP contribution in [0.2, 0.25) is 0 Å². The molecule has 2 aromatic heterocycles. The lowest BCUT2D eigenvalue weighted by atomic mass is 10.2. The minimum atomic E-state index is -0.219. The number of carbonyl (C=O) groups is 1. The largest absolute Gasteiger partial charge is 0.334 e. The molecular weight excluding hydrogens is 320 g/mol. The minimum absolute atomic E-state index is 0.219. The van der Waals surface area contributed by atoms with Crippen molar-refractivity contribution in [2.24, 2.45) is 0 Å². The zero-order valence-electron chi connectivity index (χ0n) is 11.2. The molecule has 6 heteroatoms. The third-order valence-electron chi connectivity index (χ3n) is 3.35. The monoisotopic (exact) mass is 334 g/mol. The second-order valence-electron chi connectivity index (χ2n) is 4.99. The predicted octanol–water partition coefficient (Wildman–Crippen LogP) is 2.94. The highest BCUT2D eigenvalue weighted by molar-refractivity contribution is 9.10. The maximum absolute atomic E-state index is 12.2. The fourth-order valence-electron chi connectivity index (χ4n) is 2.32. The average Bonchev–Trinajstić information content (AvgIpc) is 2.86. The van der Waals surface area contributed by atoms with Crippen molar-refractivity contribution in [2.75, 3.05) is 5.32 Å². The molecule has 1 aliphatic rings. The summed E-state index contributed by atoms with van der Waals surface area (Å²) < 4.78 is 2.84. The minimum Gasteiger partial charge on any atom is -0.334 e. The Morgan fingerprint density at radius 1 is 1.45 bits per heavy atom. The molecule has 1 N–H and O–H groups in total. The van der Waals surface area contributed by atoms with Crippen LogP contribution in [0.3, 0.4) is 0 Å². The molecule has 0 bridgehead atoms. The van der Waals surface area contributed by atoms with Crippen LogP contribution in [0.15, 0.2) is 22.9 Å². The number of anilines is 1. The van der Waals surface area contributed by atoms with E-state index in [0.717, 1.165) is 41.7 Å². The van der Waals surface area contributed by atoms with Gasteiger partial charge in [0.15, 0.2) is 0 Å². The van der Waals surface area contributed by atoms with Gasteiger partial charge >= 0.3 is 0 Å². The van der Waals surface area contributed by atoms with E-state index in [1.807, 2.05) is 19.2 Å². The van der Waals surface area contributed by atoms with Crippen molar-refractivity contribution in [2.45, 2.75) is 32.7 Å². The first-order valence-electron chi connectivity index (χ1n) is 6.63. The molecule has 0 fully saturated rings. The summed E-state index contributed by atoms with van der Waals surface area (Å²) >= 11 is 3.40. The second kappa shape index (κ2) is 5.36. The number of aromatic nitrogens is 3. The van der Waals surface area contributed by atoms with Crippen LogP contribution in [0.5, 0.6) is 0 Å². The molecule has 0 unspecified atom stereocenters. The number of pyridine rings is 1. The Bertz CT molecular complexity index is 642. The Labute approximate surface area is 125 Å². The highest BCUT2D eigenvalue weighted by Crippen LogP contribution is 2.21. The molecular formula is C14H15BrN4O. The van der Waals surface area contributed by atoms with Crippen LogP contribution in [-0.2, 0) is 13.0 Å². The van der Waals surface area contributed by atoms with Crippen molar-refractivity contribution in [3.8, 4) is 0 Å². The molecule has 2 aromatic rings. The van der Waals surface area contributed by atoms with Gasteiger partial charge in [-0.25, -0.2) is 9.97 Å². The summed E-state index contributed by atoms with van der Waals surface area (Å²) in [6.45, 7) is 2.90. The van der Waals surface area contributed by atoms with Crippen molar-refractivity contribution in [1.82, 2.24) is 14.5 Å². The molecule has 0 saturated carbocycles. The summed E-state index contributed by atoms with van der Waals surface area (Å²) in [4.78, 5) is 20.8. The fourth-order valence-corrected chi connectivity index (χ4v) is 2.88. The molecule has 1 aliphatic heterocycles. The highest BCUT2D eigenvalue weighted by Gasteiger charge is 2.17. The third kappa shape index (κ3) is 2.60. The van der Waals surface area contributed by atoms with Gasteiger partial charge in [-0.2, -0.15) is 0 Å². The summed E-state index contributed by atoms with van der Waals surface area (Å²) in [7, 11) is 0. The van der Waals surface area contributed by atoms with Crippen molar-refractivity contribution in [3.63, 3.8) is 0 Å². The van der Waals surface area contributed by atoms with Gasteiger partial charge in [0.05, 0.1) is 4.47 Å². The van der Waals surface area contributed by atoms with Gasteiger partial charge in [0.2, 0.25) is 0 Å². The van der Waals surface area contributed by atoms with Gasteiger partial charge < -0.3 is 9.88 Å². The van der Waals surface area contributed by atoms with Gasteiger partial charge in [-0.05, 0) is 47.3 Å². The second-order valence-corrected chi connectivity index (χ2v) is 5.84. The number of halogens is 1. The van der Waals surface area contributed by atoms with E-state index >= 15 is 0 Å². The maximum Gasteiger partial charge on any atom is 0.277 e. The van der Waals surface area contributed by atoms with Crippen molar-refractivity contribution in [1.29, 1.82) is 0 Å². The Morgan fingerprint density at radius 2 is 2.30 bits per heavy atom. The number of rotatable bonds is 2. The molecule has 1 amide bonds. The summed E-state index contributed by atoms with van der Waals surface area (Å²) in [6, 6.07) is 1.92. The van der Waals surface area contributed by atoms with E-state index in [2.05, 4.69) is 35.8 Å². The van der Waals surface area contributed by atoms with Gasteiger partial charge in [-0.15, -0.1) is 0 Å². The number of nitrogens with zero attached hydrogens (tertiary/aromatic N) is 3. The van der Waals surface area contributed by atoms with E-state index in [1.54, 1.807) is 6.20 Å². The van der Waals surface area contributed by atoms with Crippen LogP contribution in [-0.4, -0.2) is 20.4 Å². The van der Waals surface area contributed by atoms with Gasteiger partial charge in [0.25, 0.3) is 5.91 Å². The SMILES string of the molecule is Cc1cnc(NC(=O)c2cn3c(n2)CCCC3)c(Br)c1. The third-order valence-corrected chi connectivity index (χ3v) is 3.96. The Balaban J connectivity index is 1.80. The average molecular weight is 335 g/mol. The smallest absolute Gasteiger partial charge is 0.277 e. The van der Waals surface area contributed by atoms with Crippen molar-refractivity contribution in [3.05, 3.63) is 40.0 Å². The lowest BCUT2D eigenvalue weighted by molar-refractivity contribution is 0.102. The lowest BCUT2D eigenvalue weighted by Gasteiger charge is -2.11. The zero-order valence-corrected chi connectivity index (χ0v) is 12.8. The quantitative estimate of drug-likeness (QED) is 0.918. The predicted molar refractivity (Wildman–Crippen MR) is 79.8 cm³/mol. The topological polar surface area (TPSA) is 59.8 Å². The van der Waals surface area contributed by atoms with Crippen LogP contribution >= 0.6 is 15.9 Å². The standard InChI is InChI=1S/C14H15BrN4O/c1-9-6-10(15)13(16-7-9)18-14(20)11-8-19-5-3-2-4-12(19)17-11/h6-8H,2-5H2,1H3,(H,16,18,20). The molecule has 0 aromatic carbocycles. The maximum atomic E-state index is 12.2. The van der Waals surface area contributed by atoms with E-state index in [4.69, 9.17) is 0 Å². The van der Waals surface area contributed by atoms with Crippen LogP contribution < -0.4 is 5.32 Å². The Hall–Kier alpha value is -1.69. The number of hydrogen-bond donors (Lipinski definition) is 1. The molecule has 0 aliphatic carbocycles. The molecule has 0 spiro atoms. The van der Waals surface area contributed by atoms with Crippen LogP contribution in [0, 0.1) is 6.92 Å². The van der Waals surface area contributed by atoms with Gasteiger partial charge in [0.1, 0.15) is 17.3 Å². The van der Waals surface area contributed by atoms with Gasteiger partial charge in [-0.3, -0.25) is 4.79 Å². The molecule has 3 rings (SSSR count). The molecule has 0 saturated heterocycles. The highest BCUT2D eigenvalue weighted by atomic mass is 79.9. The number of aryl methyl sites for hydroxylation is 3. The summed E-state index contributed by atoms with van der Waals surface area (Å²) in [6.07, 6.45) is 6.78. The number of amides is 1. The number of imidazole rings is 1. The summed E-state index contributed by atoms with van der Waals surface area (Å²) in [5, 5.41) is 2.79. The number of fused-ring (bicyclic) bond motifs is 1. The molecule has 104 valence electrons. The van der Waals surface area contributed by atoms with E-state index in [0.29, 0.717) is 11.5 Å². The molecule has 3 heterocycles. The molecule has 0 radical (unpaired) electrons. The van der Waals surface area contributed by atoms with Gasteiger partial charge in [0, 0.05) is 25.4 Å². The van der Waals surface area contributed by atoms with E-state index in [9.17, 15) is 4.79 Å². The van der Waals surface area contributed by atoms with E-state index in [-0.39, 0.29) is 5.91 Å². The first-order chi connectivity index (χ1) is 9.63. The summed E-state index contributed by atoms with van der Waals surface area (Å²) in [5.74, 6) is 1.30. The fraction of sp³-hybridized carbons (Fsp3) is 0.357. The molecule has 0 atom stereocenters. The number of hydrogen-bond acceptors (Lipinski definition) is 3. The number of nitrogens with one attached hydrogen (secondary N) is 1.